The number of aliphatic hydroxyl groups is 1. The molecule has 7 nitrogen and oxygen atoms in total. The van der Waals surface area contributed by atoms with Gasteiger partial charge in [-0.3, -0.25) is 14.5 Å². The number of hydrogen-bond donors (Lipinski definition) is 2. The van der Waals surface area contributed by atoms with Crippen molar-refractivity contribution >= 4 is 23.2 Å². The van der Waals surface area contributed by atoms with E-state index < -0.39 is 6.10 Å². The number of amides is 2. The van der Waals surface area contributed by atoms with Gasteiger partial charge in [-0.25, -0.2) is 4.98 Å². The van der Waals surface area contributed by atoms with Crippen molar-refractivity contribution in [2.24, 2.45) is 0 Å². The highest BCUT2D eigenvalue weighted by Gasteiger charge is 2.40. The lowest BCUT2D eigenvalue weighted by atomic mass is 10.1. The van der Waals surface area contributed by atoms with Gasteiger partial charge in [-0.1, -0.05) is 0 Å². The molecule has 8 heteroatoms. The summed E-state index contributed by atoms with van der Waals surface area (Å²) >= 11 is 1.32. The number of carbonyl (C=O) groups is 2. The fourth-order valence-corrected chi connectivity index (χ4v) is 4.34. The van der Waals surface area contributed by atoms with Crippen LogP contribution in [-0.2, 0) is 4.79 Å². The second kappa shape index (κ2) is 7.16. The van der Waals surface area contributed by atoms with Crippen LogP contribution in [0.25, 0.3) is 0 Å². The minimum Gasteiger partial charge on any atom is -0.389 e. The first-order valence-electron chi connectivity index (χ1n) is 8.36. The van der Waals surface area contributed by atoms with Gasteiger partial charge in [0, 0.05) is 39.1 Å². The summed E-state index contributed by atoms with van der Waals surface area (Å²) in [6.07, 6.45) is 1.04. The van der Waals surface area contributed by atoms with E-state index in [0.717, 1.165) is 31.6 Å². The fraction of sp³-hybridized carbons (Fsp3) is 0.688. The summed E-state index contributed by atoms with van der Waals surface area (Å²) in [6.45, 7) is 6.36. The normalized spacial score (nSPS) is 28.1. The van der Waals surface area contributed by atoms with E-state index >= 15 is 0 Å². The van der Waals surface area contributed by atoms with Crippen LogP contribution in [0, 0.1) is 6.92 Å². The van der Waals surface area contributed by atoms with Gasteiger partial charge in [0.15, 0.2) is 0 Å². The van der Waals surface area contributed by atoms with Crippen LogP contribution in [0.2, 0.25) is 0 Å². The minimum atomic E-state index is -0.578. The summed E-state index contributed by atoms with van der Waals surface area (Å²) in [7, 11) is 0. The first kappa shape index (κ1) is 17.3. The largest absolute Gasteiger partial charge is 0.389 e. The monoisotopic (exact) mass is 352 g/mol. The molecule has 132 valence electrons. The molecule has 2 N–H and O–H groups in total. The highest BCUT2D eigenvalue weighted by molar-refractivity contribution is 7.11. The van der Waals surface area contributed by atoms with Gasteiger partial charge in [0.25, 0.3) is 5.91 Å². The average molecular weight is 352 g/mol. The topological polar surface area (TPSA) is 85.8 Å². The Kier molecular flexibility index (Phi) is 5.17. The van der Waals surface area contributed by atoms with Crippen LogP contribution in [0.1, 0.15) is 35.1 Å². The number of piperazine rings is 1. The summed E-state index contributed by atoms with van der Waals surface area (Å²) in [6, 6.07) is -0.179. The second-order valence-electron chi connectivity index (χ2n) is 6.52. The first-order valence-corrected chi connectivity index (χ1v) is 9.24. The summed E-state index contributed by atoms with van der Waals surface area (Å²) in [5.41, 5.74) is 2.38. The van der Waals surface area contributed by atoms with E-state index in [9.17, 15) is 14.7 Å². The zero-order chi connectivity index (χ0) is 17.3. The zero-order valence-electron chi connectivity index (χ0n) is 14.1. The molecule has 2 heterocycles. The molecule has 24 heavy (non-hydrogen) atoms. The molecule has 1 aromatic rings. The maximum Gasteiger partial charge on any atom is 0.263 e. The van der Waals surface area contributed by atoms with Crippen molar-refractivity contribution in [3.8, 4) is 0 Å². The van der Waals surface area contributed by atoms with Gasteiger partial charge in [-0.15, -0.1) is 11.3 Å². The third-order valence-electron chi connectivity index (χ3n) is 5.08. The van der Waals surface area contributed by atoms with E-state index in [4.69, 9.17) is 0 Å². The molecule has 0 bridgehead atoms. The molecule has 2 fully saturated rings. The average Bonchev–Trinajstić information content (AvgIpc) is 3.14. The quantitative estimate of drug-likeness (QED) is 0.814. The van der Waals surface area contributed by atoms with Crippen LogP contribution in [0.5, 0.6) is 0 Å². The Hall–Kier alpha value is -1.51. The Balaban J connectivity index is 1.55. The molecule has 0 spiro atoms. The highest BCUT2D eigenvalue weighted by atomic mass is 32.1. The van der Waals surface area contributed by atoms with Crippen molar-refractivity contribution in [2.75, 3.05) is 26.2 Å². The molecular weight excluding hydrogens is 328 g/mol. The number of nitrogens with one attached hydrogen (secondary N) is 1. The molecule has 2 aliphatic rings. The van der Waals surface area contributed by atoms with Crippen molar-refractivity contribution in [1.82, 2.24) is 20.1 Å². The van der Waals surface area contributed by atoms with Gasteiger partial charge < -0.3 is 15.3 Å². The van der Waals surface area contributed by atoms with Crippen molar-refractivity contribution in [2.45, 2.75) is 44.9 Å². The molecule has 3 rings (SSSR count). The smallest absolute Gasteiger partial charge is 0.263 e. The lowest BCUT2D eigenvalue weighted by molar-refractivity contribution is -0.131. The Morgan fingerprint density at radius 3 is 2.58 bits per heavy atom. The lowest BCUT2D eigenvalue weighted by Crippen LogP contribution is -2.55. The Morgan fingerprint density at radius 1 is 1.29 bits per heavy atom. The number of nitrogens with zero attached hydrogens (tertiary/aromatic N) is 3. The van der Waals surface area contributed by atoms with E-state index in [1.807, 2.05) is 11.8 Å². The number of aromatic nitrogens is 1. The van der Waals surface area contributed by atoms with Crippen LogP contribution < -0.4 is 5.32 Å². The van der Waals surface area contributed by atoms with E-state index in [-0.39, 0.29) is 23.9 Å². The molecule has 0 radical (unpaired) electrons. The van der Waals surface area contributed by atoms with E-state index in [1.54, 1.807) is 12.4 Å². The Bertz CT molecular complexity index is 612. The van der Waals surface area contributed by atoms with Crippen molar-refractivity contribution in [1.29, 1.82) is 0 Å². The third-order valence-corrected chi connectivity index (χ3v) is 6.00. The number of aryl methyl sites for hydroxylation is 1. The Labute approximate surface area is 145 Å². The molecule has 0 aromatic carbocycles. The van der Waals surface area contributed by atoms with Crippen LogP contribution in [0.3, 0.4) is 0 Å². The van der Waals surface area contributed by atoms with Gasteiger partial charge in [-0.2, -0.15) is 0 Å². The maximum absolute atomic E-state index is 12.3. The molecule has 1 aliphatic heterocycles. The first-order chi connectivity index (χ1) is 11.5. The molecule has 1 aromatic heterocycles. The third kappa shape index (κ3) is 3.45. The predicted molar refractivity (Wildman–Crippen MR) is 91.0 cm³/mol. The maximum atomic E-state index is 12.3. The molecule has 1 aliphatic carbocycles. The summed E-state index contributed by atoms with van der Waals surface area (Å²) < 4.78 is 0. The molecule has 1 saturated carbocycles. The van der Waals surface area contributed by atoms with Crippen molar-refractivity contribution in [3.63, 3.8) is 0 Å². The number of thiazole rings is 1. The van der Waals surface area contributed by atoms with Gasteiger partial charge in [-0.05, 0) is 19.8 Å². The van der Waals surface area contributed by atoms with Crippen LogP contribution in [-0.4, -0.2) is 76.1 Å². The highest BCUT2D eigenvalue weighted by Crippen LogP contribution is 2.26. The number of aliphatic hydroxyl groups excluding tert-OH is 1. The summed E-state index contributed by atoms with van der Waals surface area (Å²) in [5.74, 6) is -0.0483. The number of hydrogen-bond acceptors (Lipinski definition) is 6. The molecule has 1 saturated heterocycles. The van der Waals surface area contributed by atoms with Gasteiger partial charge >= 0.3 is 0 Å². The van der Waals surface area contributed by atoms with Crippen molar-refractivity contribution in [3.05, 3.63) is 16.1 Å². The van der Waals surface area contributed by atoms with E-state index in [0.29, 0.717) is 18.0 Å². The molecule has 0 unspecified atom stereocenters. The number of carbonyl (C=O) groups excluding carboxylic acids is 2. The second-order valence-corrected chi connectivity index (χ2v) is 7.38. The van der Waals surface area contributed by atoms with E-state index in [1.165, 1.54) is 11.3 Å². The minimum absolute atomic E-state index is 0.0481. The zero-order valence-corrected chi connectivity index (χ0v) is 14.9. The van der Waals surface area contributed by atoms with Gasteiger partial charge in [0.05, 0.1) is 23.4 Å². The Morgan fingerprint density at radius 2 is 2.00 bits per heavy atom. The van der Waals surface area contributed by atoms with Crippen LogP contribution in [0.4, 0.5) is 0 Å². The standard InChI is InChI=1S/C16H24N4O3S/c1-10-15(24-9-17-10)16(23)18-12-3-4-13(14(12)22)20-7-5-19(6-8-20)11(2)21/h9,12-14,22H,3-8H2,1-2H3,(H,18,23)/t12-,13-,14-/m1/s1. The molecule has 2 amide bonds. The van der Waals surface area contributed by atoms with Gasteiger partial charge in [0.1, 0.15) is 4.88 Å². The van der Waals surface area contributed by atoms with Crippen LogP contribution in [0.15, 0.2) is 5.51 Å². The number of rotatable bonds is 3. The van der Waals surface area contributed by atoms with Crippen LogP contribution >= 0.6 is 11.3 Å². The molecular formula is C16H24N4O3S. The van der Waals surface area contributed by atoms with Gasteiger partial charge in [0.2, 0.25) is 5.91 Å². The SMILES string of the molecule is CC(=O)N1CCN([C@@H]2CC[C@@H](NC(=O)c3scnc3C)[C@H]2O)CC1. The summed E-state index contributed by atoms with van der Waals surface area (Å²) in [5, 5.41) is 13.6. The fourth-order valence-electron chi connectivity index (χ4n) is 3.64. The van der Waals surface area contributed by atoms with E-state index in [2.05, 4.69) is 15.2 Å². The molecule has 3 atom stereocenters. The van der Waals surface area contributed by atoms with Crippen molar-refractivity contribution < 1.29 is 14.7 Å². The lowest BCUT2D eigenvalue weighted by Gasteiger charge is -2.39. The predicted octanol–water partition coefficient (Wildman–Crippen LogP) is 0.237. The summed E-state index contributed by atoms with van der Waals surface area (Å²) in [4.78, 5) is 32.5.